The van der Waals surface area contributed by atoms with Crippen LogP contribution in [0.5, 0.6) is 0 Å². The van der Waals surface area contributed by atoms with E-state index in [4.69, 9.17) is 0 Å². The second-order valence-electron chi connectivity index (χ2n) is 4.79. The van der Waals surface area contributed by atoms with Crippen molar-refractivity contribution in [1.82, 2.24) is 10.9 Å². The topological polar surface area (TPSA) is 64.2 Å². The molecule has 0 aliphatic carbocycles. The minimum Gasteiger partial charge on any atom is -0.612 e. The highest BCUT2D eigenvalue weighted by molar-refractivity contribution is 7.90. The molecule has 1 aliphatic rings. The molecule has 1 heterocycles. The summed E-state index contributed by atoms with van der Waals surface area (Å²) in [6, 6.07) is 7.76. The van der Waals surface area contributed by atoms with Crippen LogP contribution in [0.4, 0.5) is 0 Å². The first-order valence-corrected chi connectivity index (χ1v) is 7.78. The predicted octanol–water partition coefficient (Wildman–Crippen LogP) is 1.47. The van der Waals surface area contributed by atoms with Crippen LogP contribution in [0.1, 0.15) is 18.9 Å². The molecule has 1 aromatic carbocycles. The summed E-state index contributed by atoms with van der Waals surface area (Å²) in [7, 11) is 0. The molecule has 0 aromatic heterocycles. The Morgan fingerprint density at radius 1 is 1.47 bits per heavy atom. The van der Waals surface area contributed by atoms with Gasteiger partial charge in [-0.25, -0.2) is 5.43 Å². The zero-order valence-corrected chi connectivity index (χ0v) is 11.9. The first kappa shape index (κ1) is 14.1. The molecule has 19 heavy (non-hydrogen) atoms. The van der Waals surface area contributed by atoms with Crippen molar-refractivity contribution >= 4 is 23.2 Å². The second-order valence-corrected chi connectivity index (χ2v) is 6.17. The molecule has 1 amide bonds. The van der Waals surface area contributed by atoms with Gasteiger partial charge in [-0.3, -0.25) is 10.2 Å². The number of nitrogens with one attached hydrogen (secondary N) is 2. The van der Waals surface area contributed by atoms with E-state index in [2.05, 4.69) is 10.9 Å². The fraction of sp³-hybridized carbons (Fsp3) is 0.357. The molecule has 5 heteroatoms. The lowest BCUT2D eigenvalue weighted by atomic mass is 9.96. The molecule has 2 N–H and O–H groups in total. The van der Waals surface area contributed by atoms with Crippen molar-refractivity contribution in [3.8, 4) is 0 Å². The van der Waals surface area contributed by atoms with Crippen LogP contribution in [-0.2, 0) is 16.0 Å². The standard InChI is InChI=1S/C14H18N2O2S/c1-10-8-14(17)16-15-13(10)7-6-11-4-3-5-12(9-11)19(2)18/h3-7,9-10,13,15H,8H2,1-2H3,(H,16,17)/b7-6+. The van der Waals surface area contributed by atoms with Gasteiger partial charge in [-0.1, -0.05) is 31.2 Å². The number of carbonyl (C=O) groups excluding carboxylic acids is 1. The van der Waals surface area contributed by atoms with Gasteiger partial charge in [-0.15, -0.1) is 0 Å². The maximum Gasteiger partial charge on any atom is 0.234 e. The zero-order chi connectivity index (χ0) is 13.8. The van der Waals surface area contributed by atoms with E-state index in [1.165, 1.54) is 0 Å². The Kier molecular flexibility index (Phi) is 4.63. The minimum absolute atomic E-state index is 0.0283. The van der Waals surface area contributed by atoms with Gasteiger partial charge in [0.25, 0.3) is 0 Å². The summed E-state index contributed by atoms with van der Waals surface area (Å²) in [5.74, 6) is 0.286. The van der Waals surface area contributed by atoms with Crippen LogP contribution in [-0.4, -0.2) is 22.8 Å². The average molecular weight is 278 g/mol. The lowest BCUT2D eigenvalue weighted by Crippen LogP contribution is -2.52. The lowest BCUT2D eigenvalue weighted by molar-refractivity contribution is -0.125. The van der Waals surface area contributed by atoms with Crippen LogP contribution < -0.4 is 10.9 Å². The van der Waals surface area contributed by atoms with Crippen molar-refractivity contribution in [2.24, 2.45) is 5.92 Å². The van der Waals surface area contributed by atoms with E-state index in [1.54, 1.807) is 6.26 Å². The van der Waals surface area contributed by atoms with Crippen LogP contribution in [0.25, 0.3) is 6.08 Å². The van der Waals surface area contributed by atoms with Crippen molar-refractivity contribution in [1.29, 1.82) is 0 Å². The summed E-state index contributed by atoms with van der Waals surface area (Å²) in [6.45, 7) is 2.04. The fourth-order valence-electron chi connectivity index (χ4n) is 2.03. The largest absolute Gasteiger partial charge is 0.612 e. The number of hydrazine groups is 1. The van der Waals surface area contributed by atoms with Gasteiger partial charge in [0.2, 0.25) is 5.91 Å². The van der Waals surface area contributed by atoms with Gasteiger partial charge in [0.1, 0.15) is 6.26 Å². The first-order chi connectivity index (χ1) is 9.06. The average Bonchev–Trinajstić information content (AvgIpc) is 2.38. The van der Waals surface area contributed by atoms with Gasteiger partial charge < -0.3 is 4.55 Å². The molecule has 1 aliphatic heterocycles. The van der Waals surface area contributed by atoms with Crippen molar-refractivity contribution in [3.05, 3.63) is 35.9 Å². The van der Waals surface area contributed by atoms with E-state index >= 15 is 0 Å². The van der Waals surface area contributed by atoms with Crippen LogP contribution in [0.3, 0.4) is 0 Å². The van der Waals surface area contributed by atoms with Crippen LogP contribution in [0.15, 0.2) is 35.2 Å². The highest BCUT2D eigenvalue weighted by Gasteiger charge is 2.22. The minimum atomic E-state index is -0.966. The smallest absolute Gasteiger partial charge is 0.234 e. The Hall–Kier alpha value is -1.30. The maximum absolute atomic E-state index is 11.4. The Morgan fingerprint density at radius 3 is 2.95 bits per heavy atom. The third-order valence-electron chi connectivity index (χ3n) is 3.18. The van der Waals surface area contributed by atoms with Crippen LogP contribution >= 0.6 is 0 Å². The van der Waals surface area contributed by atoms with E-state index in [0.29, 0.717) is 6.42 Å². The van der Waals surface area contributed by atoms with E-state index in [9.17, 15) is 9.35 Å². The number of hydrogen-bond donors (Lipinski definition) is 2. The number of hydrogen-bond acceptors (Lipinski definition) is 3. The molecule has 0 radical (unpaired) electrons. The van der Waals surface area contributed by atoms with Gasteiger partial charge in [-0.2, -0.15) is 0 Å². The second kappa shape index (κ2) is 6.23. The summed E-state index contributed by atoms with van der Waals surface area (Å²) < 4.78 is 11.4. The third-order valence-corrected chi connectivity index (χ3v) is 4.10. The molecule has 102 valence electrons. The molecule has 2 rings (SSSR count). The number of benzene rings is 1. The van der Waals surface area contributed by atoms with Gasteiger partial charge in [0.15, 0.2) is 4.90 Å². The highest BCUT2D eigenvalue weighted by atomic mass is 32.2. The predicted molar refractivity (Wildman–Crippen MR) is 76.7 cm³/mol. The van der Waals surface area contributed by atoms with E-state index < -0.39 is 11.2 Å². The fourth-order valence-corrected chi connectivity index (χ4v) is 2.60. The molecular formula is C14H18N2O2S. The summed E-state index contributed by atoms with van der Waals surface area (Å²) in [5, 5.41) is 0. The number of carbonyl (C=O) groups is 1. The quantitative estimate of drug-likeness (QED) is 0.823. The SMILES string of the molecule is CC1CC(=O)NNC1/C=C/c1cccc([S+](C)[O-])c1. The number of rotatable bonds is 3. The van der Waals surface area contributed by atoms with Crippen LogP contribution in [0.2, 0.25) is 0 Å². The molecule has 3 unspecified atom stereocenters. The van der Waals surface area contributed by atoms with Crippen molar-refractivity contribution in [3.63, 3.8) is 0 Å². The molecule has 0 bridgehead atoms. The number of amides is 1. The molecule has 1 aromatic rings. The van der Waals surface area contributed by atoms with Crippen molar-refractivity contribution < 1.29 is 9.35 Å². The molecule has 0 saturated carbocycles. The van der Waals surface area contributed by atoms with Gasteiger partial charge >= 0.3 is 0 Å². The summed E-state index contributed by atoms with van der Waals surface area (Å²) in [6.07, 6.45) is 6.22. The highest BCUT2D eigenvalue weighted by Crippen LogP contribution is 2.16. The summed E-state index contributed by atoms with van der Waals surface area (Å²) in [4.78, 5) is 12.0. The third kappa shape index (κ3) is 3.83. The van der Waals surface area contributed by atoms with Crippen LogP contribution in [0, 0.1) is 5.92 Å². The Balaban J connectivity index is 2.06. The van der Waals surface area contributed by atoms with E-state index in [0.717, 1.165) is 10.5 Å². The molecule has 3 atom stereocenters. The van der Waals surface area contributed by atoms with Gasteiger partial charge in [0, 0.05) is 18.5 Å². The van der Waals surface area contributed by atoms with Gasteiger partial charge in [0.05, 0.1) is 0 Å². The monoisotopic (exact) mass is 278 g/mol. The molecule has 4 nitrogen and oxygen atoms in total. The maximum atomic E-state index is 11.4. The molecular weight excluding hydrogens is 260 g/mol. The van der Waals surface area contributed by atoms with Crippen molar-refractivity contribution in [2.75, 3.05) is 6.26 Å². The zero-order valence-electron chi connectivity index (χ0n) is 11.1. The van der Waals surface area contributed by atoms with Gasteiger partial charge in [-0.05, 0) is 28.7 Å². The Labute approximate surface area is 116 Å². The summed E-state index contributed by atoms with van der Waals surface area (Å²) >= 11 is -0.966. The Morgan fingerprint density at radius 2 is 2.26 bits per heavy atom. The molecule has 1 fully saturated rings. The normalized spacial score (nSPS) is 25.3. The Bertz CT molecular complexity index is 488. The lowest BCUT2D eigenvalue weighted by Gasteiger charge is -2.27. The van der Waals surface area contributed by atoms with Crippen molar-refractivity contribution in [2.45, 2.75) is 24.3 Å². The van der Waals surface area contributed by atoms with E-state index in [1.807, 2.05) is 43.3 Å². The first-order valence-electron chi connectivity index (χ1n) is 6.22. The summed E-state index contributed by atoms with van der Waals surface area (Å²) in [5.41, 5.74) is 6.63. The molecule has 0 spiro atoms. The molecule has 1 saturated heterocycles. The van der Waals surface area contributed by atoms with E-state index in [-0.39, 0.29) is 17.9 Å².